The van der Waals surface area contributed by atoms with Crippen molar-refractivity contribution < 1.29 is 14.3 Å². The Morgan fingerprint density at radius 2 is 2.24 bits per heavy atom. The number of esters is 1. The van der Waals surface area contributed by atoms with Crippen molar-refractivity contribution in [1.82, 2.24) is 0 Å². The maximum atomic E-state index is 12.3. The van der Waals surface area contributed by atoms with Gasteiger partial charge in [-0.25, -0.2) is 0 Å². The summed E-state index contributed by atoms with van der Waals surface area (Å²) in [5.41, 5.74) is -0.0455. The first kappa shape index (κ1) is 10.6. The zero-order chi connectivity index (χ0) is 11.9. The highest BCUT2D eigenvalue weighted by Crippen LogP contribution is 2.58. The van der Waals surface area contributed by atoms with Crippen LogP contribution in [0.15, 0.2) is 23.8 Å². The fourth-order valence-corrected chi connectivity index (χ4v) is 5.13. The van der Waals surface area contributed by atoms with E-state index in [1.165, 1.54) is 0 Å². The Morgan fingerprint density at radius 1 is 1.47 bits per heavy atom. The molecule has 0 aliphatic carbocycles. The molecule has 0 aromatic heterocycles. The first-order valence-corrected chi connectivity index (χ1v) is 7.54. The quantitative estimate of drug-likeness (QED) is 0.388. The van der Waals surface area contributed by atoms with Gasteiger partial charge in [-0.15, -0.1) is 0 Å². The molecule has 0 aromatic rings. The van der Waals surface area contributed by atoms with Crippen molar-refractivity contribution in [3.05, 3.63) is 23.8 Å². The number of halogens is 1. The van der Waals surface area contributed by atoms with Crippen LogP contribution in [0.3, 0.4) is 0 Å². The van der Waals surface area contributed by atoms with Crippen LogP contribution in [0.2, 0.25) is 0 Å². The average molecular weight is 315 g/mol. The maximum absolute atomic E-state index is 12.3. The molecule has 0 aromatic carbocycles. The van der Waals surface area contributed by atoms with E-state index in [1.807, 2.05) is 13.0 Å². The lowest BCUT2D eigenvalue weighted by Gasteiger charge is -2.40. The Labute approximate surface area is 112 Å². The number of hydrogen-bond acceptors (Lipinski definition) is 4. The molecular weight excluding hydrogens is 304 g/mol. The number of rotatable bonds is 0. The normalized spacial score (nSPS) is 54.4. The van der Waals surface area contributed by atoms with Gasteiger partial charge in [-0.3, -0.25) is 4.79 Å². The van der Waals surface area contributed by atoms with Gasteiger partial charge in [0, 0.05) is 11.5 Å². The SMILES string of the molecule is CC1=C[C@]23CSC[C@]24C=C[C@@H](O4)[C@]1(Br)C(=O)O3. The summed E-state index contributed by atoms with van der Waals surface area (Å²) < 4.78 is 11.1. The Morgan fingerprint density at radius 3 is 3.00 bits per heavy atom. The Bertz CT molecular complexity index is 502. The molecule has 0 N–H and O–H groups in total. The van der Waals surface area contributed by atoms with Crippen molar-refractivity contribution in [2.24, 2.45) is 0 Å². The average Bonchev–Trinajstić information content (AvgIpc) is 2.81. The number of fused-ring (bicyclic) bond motifs is 1. The van der Waals surface area contributed by atoms with Crippen LogP contribution in [0.5, 0.6) is 0 Å². The number of ether oxygens (including phenoxy) is 2. The molecule has 90 valence electrons. The topological polar surface area (TPSA) is 35.5 Å². The van der Waals surface area contributed by atoms with Gasteiger partial charge in [-0.2, -0.15) is 11.8 Å². The minimum atomic E-state index is -0.826. The minimum absolute atomic E-state index is 0.212. The van der Waals surface area contributed by atoms with Gasteiger partial charge in [0.15, 0.2) is 9.93 Å². The smallest absolute Gasteiger partial charge is 0.331 e. The molecule has 3 nitrogen and oxygen atoms in total. The van der Waals surface area contributed by atoms with Crippen molar-refractivity contribution in [3.8, 4) is 0 Å². The molecule has 2 spiro atoms. The third-order valence-electron chi connectivity index (χ3n) is 4.21. The van der Waals surface area contributed by atoms with Gasteiger partial charge < -0.3 is 9.47 Å². The van der Waals surface area contributed by atoms with Gasteiger partial charge in [-0.1, -0.05) is 22.0 Å². The minimum Gasteiger partial charge on any atom is -0.449 e. The van der Waals surface area contributed by atoms with Crippen molar-refractivity contribution in [3.63, 3.8) is 0 Å². The molecule has 5 aliphatic rings. The summed E-state index contributed by atoms with van der Waals surface area (Å²) >= 11 is 5.32. The number of alkyl halides is 1. The predicted octanol–water partition coefficient (Wildman–Crippen LogP) is 1.82. The Hall–Kier alpha value is -0.260. The molecule has 5 heteroatoms. The molecule has 5 heterocycles. The summed E-state index contributed by atoms with van der Waals surface area (Å²) in [4.78, 5) is 12.3. The van der Waals surface area contributed by atoms with E-state index in [-0.39, 0.29) is 12.1 Å². The van der Waals surface area contributed by atoms with E-state index in [2.05, 4.69) is 28.1 Å². The molecule has 4 bridgehead atoms. The predicted molar refractivity (Wildman–Crippen MR) is 68.3 cm³/mol. The maximum Gasteiger partial charge on any atom is 0.331 e. The van der Waals surface area contributed by atoms with Gasteiger partial charge in [-0.05, 0) is 24.6 Å². The highest BCUT2D eigenvalue weighted by atomic mass is 79.9. The van der Waals surface area contributed by atoms with E-state index in [4.69, 9.17) is 9.47 Å². The number of carbonyl (C=O) groups is 1. The van der Waals surface area contributed by atoms with Crippen LogP contribution < -0.4 is 0 Å². The molecule has 0 saturated carbocycles. The van der Waals surface area contributed by atoms with E-state index in [1.54, 1.807) is 11.8 Å². The van der Waals surface area contributed by atoms with Crippen LogP contribution in [-0.4, -0.2) is 39.1 Å². The lowest BCUT2D eigenvalue weighted by atomic mass is 9.79. The molecule has 17 heavy (non-hydrogen) atoms. The molecule has 2 fully saturated rings. The van der Waals surface area contributed by atoms with E-state index in [0.717, 1.165) is 17.1 Å². The second-order valence-electron chi connectivity index (χ2n) is 5.10. The summed E-state index contributed by atoms with van der Waals surface area (Å²) in [6, 6.07) is 0. The van der Waals surface area contributed by atoms with Crippen LogP contribution in [0, 0.1) is 0 Å². The zero-order valence-electron chi connectivity index (χ0n) is 9.23. The molecule has 5 rings (SSSR count). The summed E-state index contributed by atoms with van der Waals surface area (Å²) in [6.07, 6.45) is 5.93. The van der Waals surface area contributed by atoms with Crippen molar-refractivity contribution >= 4 is 33.7 Å². The second kappa shape index (κ2) is 2.83. The first-order valence-electron chi connectivity index (χ1n) is 5.60. The number of hydrogen-bond donors (Lipinski definition) is 0. The van der Waals surface area contributed by atoms with Crippen molar-refractivity contribution in [2.45, 2.75) is 28.6 Å². The summed E-state index contributed by atoms with van der Waals surface area (Å²) in [6.45, 7) is 1.98. The fraction of sp³-hybridized carbons (Fsp3) is 0.583. The van der Waals surface area contributed by atoms with Crippen LogP contribution in [0.1, 0.15) is 6.92 Å². The highest BCUT2D eigenvalue weighted by Gasteiger charge is 2.70. The third kappa shape index (κ3) is 0.956. The van der Waals surface area contributed by atoms with E-state index in [9.17, 15) is 4.79 Å². The zero-order valence-corrected chi connectivity index (χ0v) is 11.6. The Kier molecular flexibility index (Phi) is 1.77. The highest BCUT2D eigenvalue weighted by molar-refractivity contribution is 9.10. The monoisotopic (exact) mass is 314 g/mol. The van der Waals surface area contributed by atoms with Gasteiger partial charge in [0.05, 0.1) is 0 Å². The molecule has 5 aliphatic heterocycles. The number of carbonyl (C=O) groups excluding carboxylic acids is 1. The molecule has 4 atom stereocenters. The fourth-order valence-electron chi connectivity index (χ4n) is 3.19. The van der Waals surface area contributed by atoms with Gasteiger partial charge in [0.2, 0.25) is 0 Å². The standard InChI is InChI=1S/C12H11BrO3S/c1-7-4-11-6-17-5-10(11)3-2-8(15-10)12(7,13)9(14)16-11/h2-4,8H,5-6H2,1H3/t8-,10-,11+,12+/m1/s1. The van der Waals surface area contributed by atoms with Crippen LogP contribution in [-0.2, 0) is 14.3 Å². The van der Waals surface area contributed by atoms with Crippen molar-refractivity contribution in [2.75, 3.05) is 11.5 Å². The molecule has 2 saturated heterocycles. The van der Waals surface area contributed by atoms with Crippen LogP contribution >= 0.6 is 27.7 Å². The number of thioether (sulfide) groups is 1. The Balaban J connectivity index is 2.05. The molecule has 0 amide bonds. The first-order chi connectivity index (χ1) is 8.03. The van der Waals surface area contributed by atoms with Gasteiger partial charge in [0.1, 0.15) is 11.7 Å². The summed E-state index contributed by atoms with van der Waals surface area (Å²) in [5.74, 6) is 1.41. The van der Waals surface area contributed by atoms with Gasteiger partial charge >= 0.3 is 5.97 Å². The largest absolute Gasteiger partial charge is 0.449 e. The van der Waals surface area contributed by atoms with Crippen molar-refractivity contribution in [1.29, 1.82) is 0 Å². The van der Waals surface area contributed by atoms with E-state index in [0.29, 0.717) is 0 Å². The summed E-state index contributed by atoms with van der Waals surface area (Å²) in [5, 5.41) is 0. The lowest BCUT2D eigenvalue weighted by molar-refractivity contribution is -0.162. The van der Waals surface area contributed by atoms with E-state index >= 15 is 0 Å². The van der Waals surface area contributed by atoms with E-state index < -0.39 is 15.5 Å². The second-order valence-corrected chi connectivity index (χ2v) is 7.33. The molecule has 0 radical (unpaired) electrons. The summed E-state index contributed by atoms with van der Waals surface area (Å²) in [7, 11) is 0. The van der Waals surface area contributed by atoms with Gasteiger partial charge in [0.25, 0.3) is 0 Å². The lowest BCUT2D eigenvalue weighted by Crippen LogP contribution is -2.56. The molecule has 0 unspecified atom stereocenters. The van der Waals surface area contributed by atoms with Crippen LogP contribution in [0.4, 0.5) is 0 Å². The third-order valence-corrected chi connectivity index (χ3v) is 6.88. The van der Waals surface area contributed by atoms with Crippen LogP contribution in [0.25, 0.3) is 0 Å². The molecular formula is C12H11BrO3S.